The normalized spacial score (nSPS) is 24.5. The van der Waals surface area contributed by atoms with Crippen molar-refractivity contribution in [3.63, 3.8) is 0 Å². The molecule has 1 fully saturated rings. The highest BCUT2D eigenvalue weighted by atomic mass is 19.1. The van der Waals surface area contributed by atoms with Crippen molar-refractivity contribution in [3.05, 3.63) is 0 Å². The molecule has 0 aliphatic carbocycles. The highest BCUT2D eigenvalue weighted by molar-refractivity contribution is 5.70. The van der Waals surface area contributed by atoms with Crippen LogP contribution in [0.4, 0.5) is 9.18 Å². The summed E-state index contributed by atoms with van der Waals surface area (Å²) in [6, 6.07) is 0. The van der Waals surface area contributed by atoms with E-state index in [-0.39, 0.29) is 6.42 Å². The lowest BCUT2D eigenvalue weighted by atomic mass is 9.94. The zero-order chi connectivity index (χ0) is 13.1. The second-order valence-corrected chi connectivity index (χ2v) is 5.35. The number of amides is 1. The topological polar surface area (TPSA) is 29.5 Å². The van der Waals surface area contributed by atoms with Crippen LogP contribution < -0.4 is 0 Å². The van der Waals surface area contributed by atoms with Crippen molar-refractivity contribution in [2.45, 2.75) is 51.2 Å². The van der Waals surface area contributed by atoms with Gasteiger partial charge in [-0.2, -0.15) is 0 Å². The van der Waals surface area contributed by atoms with E-state index >= 15 is 0 Å². The summed E-state index contributed by atoms with van der Waals surface area (Å²) in [5, 5.41) is 0. The van der Waals surface area contributed by atoms with E-state index in [1.807, 2.05) is 0 Å². The van der Waals surface area contributed by atoms with Crippen LogP contribution >= 0.6 is 0 Å². The van der Waals surface area contributed by atoms with Gasteiger partial charge in [-0.1, -0.05) is 5.92 Å². The Kier molecular flexibility index (Phi) is 4.03. The molecule has 1 unspecified atom stereocenters. The van der Waals surface area contributed by atoms with Crippen LogP contribution in [-0.4, -0.2) is 35.4 Å². The fraction of sp³-hybridized carbons (Fsp3) is 0.769. The maximum absolute atomic E-state index is 12.6. The number of carbonyl (C=O) groups excluding carboxylic acids is 1. The molecular weight excluding hydrogens is 221 g/mol. The van der Waals surface area contributed by atoms with E-state index in [1.54, 1.807) is 20.8 Å². The van der Waals surface area contributed by atoms with E-state index in [4.69, 9.17) is 11.2 Å². The van der Waals surface area contributed by atoms with Gasteiger partial charge < -0.3 is 4.74 Å². The first-order valence-electron chi connectivity index (χ1n) is 5.89. The van der Waals surface area contributed by atoms with E-state index in [9.17, 15) is 9.18 Å². The molecule has 0 bridgehead atoms. The van der Waals surface area contributed by atoms with Crippen LogP contribution in [-0.2, 0) is 4.74 Å². The highest BCUT2D eigenvalue weighted by Gasteiger charge is 2.43. The molecule has 96 valence electrons. The number of halogens is 1. The monoisotopic (exact) mass is 241 g/mol. The summed E-state index contributed by atoms with van der Waals surface area (Å²) in [6.45, 7) is 5.41. The Hall–Kier alpha value is -1.24. The zero-order valence-electron chi connectivity index (χ0n) is 10.8. The fourth-order valence-electron chi connectivity index (χ4n) is 2.10. The molecule has 1 heterocycles. The third-order valence-corrected chi connectivity index (χ3v) is 2.88. The molecular formula is C13H20FNO2. The SMILES string of the molecule is C#CC1(CCF)CCCN1C(=O)OC(C)(C)C. The number of carbonyl (C=O) groups is 1. The third-order valence-electron chi connectivity index (χ3n) is 2.88. The van der Waals surface area contributed by atoms with Gasteiger partial charge in [0.15, 0.2) is 0 Å². The molecule has 0 aromatic rings. The number of likely N-dealkylation sites (tertiary alicyclic amines) is 1. The van der Waals surface area contributed by atoms with Crippen LogP contribution in [0, 0.1) is 12.3 Å². The summed E-state index contributed by atoms with van der Waals surface area (Å²) in [6.07, 6.45) is 6.66. The molecule has 0 spiro atoms. The summed E-state index contributed by atoms with van der Waals surface area (Å²) in [5.41, 5.74) is -1.35. The number of rotatable bonds is 2. The number of alkyl halides is 1. The van der Waals surface area contributed by atoms with Crippen molar-refractivity contribution >= 4 is 6.09 Å². The standard InChI is InChI=1S/C13H20FNO2/c1-5-13(8-9-14)7-6-10-15(13)11(16)17-12(2,3)4/h1H,6-10H2,2-4H3. The van der Waals surface area contributed by atoms with Crippen LogP contribution in [0.15, 0.2) is 0 Å². The molecule has 17 heavy (non-hydrogen) atoms. The smallest absolute Gasteiger partial charge is 0.411 e. The van der Waals surface area contributed by atoms with E-state index in [0.717, 1.165) is 6.42 Å². The molecule has 0 radical (unpaired) electrons. The van der Waals surface area contributed by atoms with Gasteiger partial charge >= 0.3 is 6.09 Å². The van der Waals surface area contributed by atoms with E-state index in [2.05, 4.69) is 5.92 Å². The van der Waals surface area contributed by atoms with Gasteiger partial charge in [-0.15, -0.1) is 6.42 Å². The third kappa shape index (κ3) is 3.12. The maximum atomic E-state index is 12.6. The van der Waals surface area contributed by atoms with Crippen molar-refractivity contribution in [1.82, 2.24) is 4.90 Å². The van der Waals surface area contributed by atoms with Gasteiger partial charge in [-0.25, -0.2) is 4.79 Å². The second-order valence-electron chi connectivity index (χ2n) is 5.35. The van der Waals surface area contributed by atoms with Gasteiger partial charge in [0, 0.05) is 13.0 Å². The van der Waals surface area contributed by atoms with Crippen LogP contribution in [0.3, 0.4) is 0 Å². The summed E-state index contributed by atoms with van der Waals surface area (Å²) < 4.78 is 17.9. The summed E-state index contributed by atoms with van der Waals surface area (Å²) in [5.74, 6) is 2.58. The molecule has 1 aliphatic heterocycles. The first kappa shape index (κ1) is 13.8. The molecule has 1 rings (SSSR count). The molecule has 1 atom stereocenters. The summed E-state index contributed by atoms with van der Waals surface area (Å²) in [7, 11) is 0. The van der Waals surface area contributed by atoms with Gasteiger partial charge in [0.05, 0.1) is 6.67 Å². The Labute approximate surface area is 102 Å². The molecule has 0 aromatic heterocycles. The number of hydrogen-bond acceptors (Lipinski definition) is 2. The minimum Gasteiger partial charge on any atom is -0.444 e. The van der Waals surface area contributed by atoms with Gasteiger partial charge in [0.25, 0.3) is 0 Å². The lowest BCUT2D eigenvalue weighted by Gasteiger charge is -2.34. The molecule has 1 amide bonds. The Morgan fingerprint density at radius 3 is 2.71 bits per heavy atom. The Morgan fingerprint density at radius 1 is 1.59 bits per heavy atom. The second kappa shape index (κ2) is 4.95. The van der Waals surface area contributed by atoms with E-state index in [1.165, 1.54) is 4.90 Å². The zero-order valence-corrected chi connectivity index (χ0v) is 10.8. The van der Waals surface area contributed by atoms with Crippen molar-refractivity contribution in [2.24, 2.45) is 0 Å². The minimum atomic E-state index is -0.795. The Bertz CT molecular complexity index is 329. The van der Waals surface area contributed by atoms with Gasteiger partial charge in [-0.05, 0) is 33.6 Å². The number of terminal acetylenes is 1. The van der Waals surface area contributed by atoms with Gasteiger partial charge in [0.2, 0.25) is 0 Å². The predicted molar refractivity (Wildman–Crippen MR) is 64.3 cm³/mol. The summed E-state index contributed by atoms with van der Waals surface area (Å²) >= 11 is 0. The molecule has 0 N–H and O–H groups in total. The van der Waals surface area contributed by atoms with Gasteiger partial charge in [-0.3, -0.25) is 9.29 Å². The molecule has 4 heteroatoms. The quantitative estimate of drug-likeness (QED) is 0.696. The van der Waals surface area contributed by atoms with E-state index < -0.39 is 23.9 Å². The average Bonchev–Trinajstić information content (AvgIpc) is 2.60. The number of hydrogen-bond donors (Lipinski definition) is 0. The first-order chi connectivity index (χ1) is 7.84. The largest absolute Gasteiger partial charge is 0.444 e. The van der Waals surface area contributed by atoms with Crippen LogP contribution in [0.5, 0.6) is 0 Å². The lowest BCUT2D eigenvalue weighted by molar-refractivity contribution is 0.0143. The van der Waals surface area contributed by atoms with Crippen LogP contribution in [0.1, 0.15) is 40.0 Å². The molecule has 1 aliphatic rings. The highest BCUT2D eigenvalue weighted by Crippen LogP contribution is 2.33. The van der Waals surface area contributed by atoms with Crippen molar-refractivity contribution in [2.75, 3.05) is 13.2 Å². The predicted octanol–water partition coefficient (Wildman–Crippen LogP) is 2.75. The summed E-state index contributed by atoms with van der Waals surface area (Å²) in [4.78, 5) is 13.5. The molecule has 0 saturated carbocycles. The number of nitrogens with zero attached hydrogens (tertiary/aromatic N) is 1. The van der Waals surface area contributed by atoms with Crippen molar-refractivity contribution in [1.29, 1.82) is 0 Å². The van der Waals surface area contributed by atoms with E-state index in [0.29, 0.717) is 13.0 Å². The Balaban J connectivity index is 2.82. The average molecular weight is 241 g/mol. The van der Waals surface area contributed by atoms with Gasteiger partial charge in [0.1, 0.15) is 11.1 Å². The molecule has 3 nitrogen and oxygen atoms in total. The molecule has 1 saturated heterocycles. The van der Waals surface area contributed by atoms with Crippen molar-refractivity contribution < 1.29 is 13.9 Å². The lowest BCUT2D eigenvalue weighted by Crippen LogP contribution is -2.48. The van der Waals surface area contributed by atoms with Crippen molar-refractivity contribution in [3.8, 4) is 12.3 Å². The first-order valence-corrected chi connectivity index (χ1v) is 5.89. The minimum absolute atomic E-state index is 0.183. The van der Waals surface area contributed by atoms with Crippen LogP contribution in [0.25, 0.3) is 0 Å². The molecule has 0 aromatic carbocycles. The number of ether oxygens (including phenoxy) is 1. The van der Waals surface area contributed by atoms with Crippen LogP contribution in [0.2, 0.25) is 0 Å². The maximum Gasteiger partial charge on any atom is 0.411 e. The fourth-order valence-corrected chi connectivity index (χ4v) is 2.10. The Morgan fingerprint density at radius 2 is 2.24 bits per heavy atom.